The van der Waals surface area contributed by atoms with E-state index < -0.39 is 5.97 Å². The van der Waals surface area contributed by atoms with E-state index in [9.17, 15) is 4.79 Å². The van der Waals surface area contributed by atoms with Gasteiger partial charge in [-0.15, -0.1) is 0 Å². The fourth-order valence-corrected chi connectivity index (χ4v) is 1.29. The highest BCUT2D eigenvalue weighted by atomic mass is 16.4. The highest BCUT2D eigenvalue weighted by molar-refractivity contribution is 5.84. The number of carboxylic acids is 1. The number of nitrogens with zero attached hydrogens (tertiary/aromatic N) is 1. The second kappa shape index (κ2) is 5.24. The average molecular weight is 209 g/mol. The molecule has 82 valence electrons. The highest BCUT2D eigenvalue weighted by Gasteiger charge is 2.05. The van der Waals surface area contributed by atoms with Crippen molar-refractivity contribution in [3.05, 3.63) is 24.0 Å². The third kappa shape index (κ3) is 3.16. The molecule has 4 nitrogen and oxygen atoms in total. The van der Waals surface area contributed by atoms with Crippen molar-refractivity contribution in [3.8, 4) is 0 Å². The van der Waals surface area contributed by atoms with Crippen molar-refractivity contribution >= 4 is 17.9 Å². The molecule has 0 aromatic carbocycles. The van der Waals surface area contributed by atoms with Gasteiger partial charge in [0.1, 0.15) is 5.76 Å². The molecule has 1 heterocycles. The van der Waals surface area contributed by atoms with Gasteiger partial charge < -0.3 is 14.4 Å². The Labute approximate surface area is 88.8 Å². The molecular weight excluding hydrogens is 194 g/mol. The first-order chi connectivity index (χ1) is 7.17. The molecule has 0 fully saturated rings. The molecule has 1 aromatic rings. The van der Waals surface area contributed by atoms with E-state index in [1.807, 2.05) is 19.9 Å². The molecule has 1 aromatic heterocycles. The van der Waals surface area contributed by atoms with Gasteiger partial charge in [-0.1, -0.05) is 0 Å². The number of hydrogen-bond donors (Lipinski definition) is 1. The van der Waals surface area contributed by atoms with Crippen molar-refractivity contribution in [2.45, 2.75) is 13.8 Å². The van der Waals surface area contributed by atoms with Crippen molar-refractivity contribution in [1.29, 1.82) is 0 Å². The van der Waals surface area contributed by atoms with E-state index in [1.165, 1.54) is 6.08 Å². The number of hydrogen-bond acceptors (Lipinski definition) is 3. The largest absolute Gasteiger partial charge is 0.478 e. The van der Waals surface area contributed by atoms with E-state index in [-0.39, 0.29) is 0 Å². The Hall–Kier alpha value is -1.71. The standard InChI is InChI=1S/C11H15NO3/c1-3-12(4-2)10-7-5-9(15-10)6-8-11(13)14/h5-8H,3-4H2,1-2H3,(H,13,14)/b8-6+. The Morgan fingerprint density at radius 2 is 2.13 bits per heavy atom. The second-order valence-electron chi connectivity index (χ2n) is 3.02. The van der Waals surface area contributed by atoms with Crippen LogP contribution in [0.25, 0.3) is 6.08 Å². The van der Waals surface area contributed by atoms with Crippen LogP contribution < -0.4 is 4.90 Å². The normalized spacial score (nSPS) is 10.8. The SMILES string of the molecule is CCN(CC)c1ccc(/C=C/C(=O)O)o1. The van der Waals surface area contributed by atoms with Gasteiger partial charge in [-0.2, -0.15) is 0 Å². The molecule has 0 saturated carbocycles. The molecular formula is C11H15NO3. The summed E-state index contributed by atoms with van der Waals surface area (Å²) in [5.74, 6) is 0.347. The van der Waals surface area contributed by atoms with Crippen LogP contribution in [0.4, 0.5) is 5.88 Å². The van der Waals surface area contributed by atoms with E-state index in [0.717, 1.165) is 25.0 Å². The van der Waals surface area contributed by atoms with Crippen LogP contribution in [-0.4, -0.2) is 24.2 Å². The lowest BCUT2D eigenvalue weighted by molar-refractivity contribution is -0.131. The Morgan fingerprint density at radius 1 is 1.47 bits per heavy atom. The summed E-state index contributed by atoms with van der Waals surface area (Å²) in [6.45, 7) is 5.82. The Bertz CT molecular complexity index is 350. The number of rotatable bonds is 5. The number of carbonyl (C=O) groups is 1. The van der Waals surface area contributed by atoms with Gasteiger partial charge in [0, 0.05) is 25.2 Å². The first-order valence-corrected chi connectivity index (χ1v) is 4.93. The van der Waals surface area contributed by atoms with Gasteiger partial charge in [0.25, 0.3) is 0 Å². The minimum absolute atomic E-state index is 0.555. The predicted molar refractivity (Wildman–Crippen MR) is 58.9 cm³/mol. The average Bonchev–Trinajstić information content (AvgIpc) is 2.65. The summed E-state index contributed by atoms with van der Waals surface area (Å²) in [7, 11) is 0. The Morgan fingerprint density at radius 3 is 2.67 bits per heavy atom. The molecule has 15 heavy (non-hydrogen) atoms. The van der Waals surface area contributed by atoms with Gasteiger partial charge >= 0.3 is 5.97 Å². The summed E-state index contributed by atoms with van der Waals surface area (Å²) in [6.07, 6.45) is 2.50. The van der Waals surface area contributed by atoms with Crippen LogP contribution >= 0.6 is 0 Å². The van der Waals surface area contributed by atoms with Crippen LogP contribution in [0.1, 0.15) is 19.6 Å². The predicted octanol–water partition coefficient (Wildman–Crippen LogP) is 2.22. The van der Waals surface area contributed by atoms with Crippen molar-refractivity contribution in [2.75, 3.05) is 18.0 Å². The Balaban J connectivity index is 2.75. The number of furan rings is 1. The maximum atomic E-state index is 10.3. The molecule has 0 atom stereocenters. The number of anilines is 1. The molecule has 0 unspecified atom stereocenters. The van der Waals surface area contributed by atoms with Gasteiger partial charge in [0.05, 0.1) is 0 Å². The summed E-state index contributed by atoms with van der Waals surface area (Å²) in [5, 5.41) is 8.44. The molecule has 0 bridgehead atoms. The number of carboxylic acid groups (broad SMARTS) is 1. The topological polar surface area (TPSA) is 53.7 Å². The lowest BCUT2D eigenvalue weighted by Gasteiger charge is -2.16. The third-order valence-corrected chi connectivity index (χ3v) is 2.08. The van der Waals surface area contributed by atoms with E-state index in [2.05, 4.69) is 4.90 Å². The van der Waals surface area contributed by atoms with Crippen LogP contribution in [0.3, 0.4) is 0 Å². The fraction of sp³-hybridized carbons (Fsp3) is 0.364. The first kappa shape index (κ1) is 11.4. The van der Waals surface area contributed by atoms with Gasteiger partial charge in [-0.25, -0.2) is 4.79 Å². The zero-order valence-corrected chi connectivity index (χ0v) is 8.93. The van der Waals surface area contributed by atoms with Gasteiger partial charge in [-0.3, -0.25) is 0 Å². The summed E-state index contributed by atoms with van der Waals surface area (Å²) in [5.41, 5.74) is 0. The smallest absolute Gasteiger partial charge is 0.328 e. The summed E-state index contributed by atoms with van der Waals surface area (Å²) in [4.78, 5) is 12.3. The van der Waals surface area contributed by atoms with E-state index >= 15 is 0 Å². The quantitative estimate of drug-likeness (QED) is 0.755. The number of aliphatic carboxylic acids is 1. The third-order valence-electron chi connectivity index (χ3n) is 2.08. The minimum Gasteiger partial charge on any atom is -0.478 e. The fourth-order valence-electron chi connectivity index (χ4n) is 1.29. The molecule has 0 spiro atoms. The first-order valence-electron chi connectivity index (χ1n) is 4.93. The maximum Gasteiger partial charge on any atom is 0.328 e. The maximum absolute atomic E-state index is 10.3. The van der Waals surface area contributed by atoms with Crippen molar-refractivity contribution in [1.82, 2.24) is 0 Å². The lowest BCUT2D eigenvalue weighted by atomic mass is 10.4. The molecule has 0 radical (unpaired) electrons. The van der Waals surface area contributed by atoms with Crippen molar-refractivity contribution < 1.29 is 14.3 Å². The molecule has 0 saturated heterocycles. The molecule has 0 aliphatic heterocycles. The monoisotopic (exact) mass is 209 g/mol. The minimum atomic E-state index is -0.976. The summed E-state index contributed by atoms with van der Waals surface area (Å²) >= 11 is 0. The van der Waals surface area contributed by atoms with Crippen molar-refractivity contribution in [2.24, 2.45) is 0 Å². The molecule has 0 aliphatic rings. The lowest BCUT2D eigenvalue weighted by Crippen LogP contribution is -2.20. The van der Waals surface area contributed by atoms with Crippen LogP contribution in [0.5, 0.6) is 0 Å². The second-order valence-corrected chi connectivity index (χ2v) is 3.02. The zero-order valence-electron chi connectivity index (χ0n) is 8.93. The zero-order chi connectivity index (χ0) is 11.3. The van der Waals surface area contributed by atoms with E-state index in [0.29, 0.717) is 5.76 Å². The highest BCUT2D eigenvalue weighted by Crippen LogP contribution is 2.18. The molecule has 1 N–H and O–H groups in total. The molecule has 0 aliphatic carbocycles. The molecule has 1 rings (SSSR count). The molecule has 0 amide bonds. The van der Waals surface area contributed by atoms with Gasteiger partial charge in [0.2, 0.25) is 0 Å². The van der Waals surface area contributed by atoms with Crippen LogP contribution in [-0.2, 0) is 4.79 Å². The molecule has 4 heteroatoms. The van der Waals surface area contributed by atoms with Gasteiger partial charge in [-0.05, 0) is 26.0 Å². The van der Waals surface area contributed by atoms with Crippen molar-refractivity contribution in [3.63, 3.8) is 0 Å². The van der Waals surface area contributed by atoms with Crippen LogP contribution in [0.15, 0.2) is 22.6 Å². The van der Waals surface area contributed by atoms with Crippen LogP contribution in [0, 0.1) is 0 Å². The Kier molecular flexibility index (Phi) is 3.97. The van der Waals surface area contributed by atoms with E-state index in [1.54, 1.807) is 6.07 Å². The summed E-state index contributed by atoms with van der Waals surface area (Å²) in [6, 6.07) is 3.60. The summed E-state index contributed by atoms with van der Waals surface area (Å²) < 4.78 is 5.45. The van der Waals surface area contributed by atoms with Crippen LogP contribution in [0.2, 0.25) is 0 Å². The van der Waals surface area contributed by atoms with E-state index in [4.69, 9.17) is 9.52 Å². The van der Waals surface area contributed by atoms with Gasteiger partial charge in [0.15, 0.2) is 5.88 Å².